The molecule has 1 fully saturated rings. The van der Waals surface area contributed by atoms with Crippen molar-refractivity contribution in [1.29, 1.82) is 0 Å². The number of hydrazine groups is 1. The van der Waals surface area contributed by atoms with Crippen molar-refractivity contribution in [2.75, 3.05) is 19.0 Å². The fourth-order valence-electron chi connectivity index (χ4n) is 4.01. The Morgan fingerprint density at radius 1 is 0.750 bits per heavy atom. The molecule has 3 N–H and O–H groups in total. The first-order chi connectivity index (χ1) is 15.5. The van der Waals surface area contributed by atoms with Gasteiger partial charge in [0.25, 0.3) is 5.91 Å². The fraction of sp³-hybridized carbons (Fsp3) is 0.640. The predicted molar refractivity (Wildman–Crippen MR) is 128 cm³/mol. The third-order valence-corrected chi connectivity index (χ3v) is 6.01. The Bertz CT molecular complexity index is 706. The van der Waals surface area contributed by atoms with Crippen LogP contribution in [-0.4, -0.2) is 37.9 Å². The zero-order valence-electron chi connectivity index (χ0n) is 19.8. The van der Waals surface area contributed by atoms with Crippen LogP contribution >= 0.6 is 0 Å². The van der Waals surface area contributed by atoms with Gasteiger partial charge in [0.2, 0.25) is 11.8 Å². The summed E-state index contributed by atoms with van der Waals surface area (Å²) in [7, 11) is 3.85. The molecule has 7 nitrogen and oxygen atoms in total. The Balaban J connectivity index is 1.68. The molecular formula is C25H40N4O3. The lowest BCUT2D eigenvalue weighted by atomic mass is 9.98. The highest BCUT2D eigenvalue weighted by molar-refractivity contribution is 5.95. The standard InChI is InChI=1S/C25H40N4O3/c1-29(2)22-16-14-20(15-17-22)25(32)28-27-24(31)19-18-23(30)26-21-12-10-8-6-4-3-5-7-9-11-13-21/h14-17,21H,3-13,18-19H2,1-2H3,(H,26,30)(H,27,31)(H,28,32). The van der Waals surface area contributed by atoms with Crippen LogP contribution in [0.1, 0.15) is 93.8 Å². The lowest BCUT2D eigenvalue weighted by Crippen LogP contribution is -2.42. The molecule has 0 heterocycles. The van der Waals surface area contributed by atoms with Crippen LogP contribution in [-0.2, 0) is 9.59 Å². The van der Waals surface area contributed by atoms with Crippen molar-refractivity contribution in [3.8, 4) is 0 Å². The first kappa shape index (κ1) is 25.7. The summed E-state index contributed by atoms with van der Waals surface area (Å²) >= 11 is 0. The molecular weight excluding hydrogens is 404 g/mol. The maximum Gasteiger partial charge on any atom is 0.269 e. The number of amides is 3. The van der Waals surface area contributed by atoms with Gasteiger partial charge in [-0.25, -0.2) is 0 Å². The molecule has 178 valence electrons. The molecule has 0 unspecified atom stereocenters. The molecule has 1 aliphatic rings. The van der Waals surface area contributed by atoms with E-state index >= 15 is 0 Å². The van der Waals surface area contributed by atoms with Gasteiger partial charge >= 0.3 is 0 Å². The SMILES string of the molecule is CN(C)c1ccc(C(=O)NNC(=O)CCC(=O)NC2CCCCCCCCCCC2)cc1. The van der Waals surface area contributed by atoms with Crippen LogP contribution in [0.2, 0.25) is 0 Å². The van der Waals surface area contributed by atoms with Gasteiger partial charge in [0.1, 0.15) is 0 Å². The second-order valence-electron chi connectivity index (χ2n) is 8.97. The van der Waals surface area contributed by atoms with Gasteiger partial charge in [-0.15, -0.1) is 0 Å². The van der Waals surface area contributed by atoms with E-state index in [2.05, 4.69) is 16.2 Å². The molecule has 0 aliphatic heterocycles. The van der Waals surface area contributed by atoms with Crippen LogP contribution in [0.25, 0.3) is 0 Å². The Hall–Kier alpha value is -2.57. The van der Waals surface area contributed by atoms with Crippen molar-refractivity contribution in [2.45, 2.75) is 89.5 Å². The number of carbonyl (C=O) groups is 3. The van der Waals surface area contributed by atoms with Crippen molar-refractivity contribution in [3.63, 3.8) is 0 Å². The number of benzene rings is 1. The molecule has 0 atom stereocenters. The predicted octanol–water partition coefficient (Wildman–Crippen LogP) is 4.08. The van der Waals surface area contributed by atoms with E-state index in [4.69, 9.17) is 0 Å². The molecule has 0 bridgehead atoms. The average Bonchev–Trinajstić information content (AvgIpc) is 2.78. The van der Waals surface area contributed by atoms with Crippen LogP contribution in [0.3, 0.4) is 0 Å². The van der Waals surface area contributed by atoms with E-state index in [1.807, 2.05) is 31.1 Å². The summed E-state index contributed by atoms with van der Waals surface area (Å²) in [6, 6.07) is 7.28. The van der Waals surface area contributed by atoms with E-state index in [9.17, 15) is 14.4 Å². The topological polar surface area (TPSA) is 90.5 Å². The van der Waals surface area contributed by atoms with Crippen molar-refractivity contribution in [1.82, 2.24) is 16.2 Å². The fourth-order valence-corrected chi connectivity index (χ4v) is 4.01. The second kappa shape index (κ2) is 14.5. The summed E-state index contributed by atoms with van der Waals surface area (Å²) < 4.78 is 0. The first-order valence-corrected chi connectivity index (χ1v) is 12.1. The number of rotatable bonds is 6. The molecule has 0 aromatic heterocycles. The molecule has 32 heavy (non-hydrogen) atoms. The smallest absolute Gasteiger partial charge is 0.269 e. The second-order valence-corrected chi connectivity index (χ2v) is 8.97. The van der Waals surface area contributed by atoms with E-state index in [0.717, 1.165) is 31.4 Å². The van der Waals surface area contributed by atoms with Crippen LogP contribution < -0.4 is 21.1 Å². The molecule has 1 aromatic rings. The molecule has 0 saturated heterocycles. The Morgan fingerprint density at radius 3 is 1.78 bits per heavy atom. The van der Waals surface area contributed by atoms with Crippen LogP contribution in [0.15, 0.2) is 24.3 Å². The third kappa shape index (κ3) is 10.2. The molecule has 3 amide bonds. The van der Waals surface area contributed by atoms with Crippen molar-refractivity contribution in [2.24, 2.45) is 0 Å². The van der Waals surface area contributed by atoms with E-state index in [-0.39, 0.29) is 36.6 Å². The highest BCUT2D eigenvalue weighted by atomic mass is 16.2. The summed E-state index contributed by atoms with van der Waals surface area (Å²) in [6.45, 7) is 0. The number of hydrogen-bond donors (Lipinski definition) is 3. The summed E-state index contributed by atoms with van der Waals surface area (Å²) in [5, 5.41) is 3.12. The minimum Gasteiger partial charge on any atom is -0.378 e. The zero-order valence-corrected chi connectivity index (χ0v) is 19.8. The monoisotopic (exact) mass is 444 g/mol. The average molecular weight is 445 g/mol. The Labute approximate surface area is 192 Å². The minimum atomic E-state index is -0.388. The summed E-state index contributed by atoms with van der Waals surface area (Å²) in [5.74, 6) is -0.860. The largest absolute Gasteiger partial charge is 0.378 e. The summed E-state index contributed by atoms with van der Waals surface area (Å²) in [4.78, 5) is 38.5. The van der Waals surface area contributed by atoms with Gasteiger partial charge in [0.15, 0.2) is 0 Å². The van der Waals surface area contributed by atoms with Gasteiger partial charge in [0.05, 0.1) is 0 Å². The first-order valence-electron chi connectivity index (χ1n) is 12.1. The summed E-state index contributed by atoms with van der Waals surface area (Å²) in [5.41, 5.74) is 6.24. The lowest BCUT2D eigenvalue weighted by molar-refractivity contribution is -0.127. The molecule has 0 spiro atoms. The Kier molecular flexibility index (Phi) is 11.6. The quantitative estimate of drug-likeness (QED) is 0.577. The van der Waals surface area contributed by atoms with E-state index in [1.165, 1.54) is 44.9 Å². The van der Waals surface area contributed by atoms with Crippen molar-refractivity contribution < 1.29 is 14.4 Å². The van der Waals surface area contributed by atoms with Crippen molar-refractivity contribution >= 4 is 23.4 Å². The van der Waals surface area contributed by atoms with Gasteiger partial charge in [-0.1, -0.05) is 57.8 Å². The van der Waals surface area contributed by atoms with Crippen molar-refractivity contribution in [3.05, 3.63) is 29.8 Å². The third-order valence-electron chi connectivity index (χ3n) is 6.01. The van der Waals surface area contributed by atoms with Crippen LogP contribution in [0, 0.1) is 0 Å². The van der Waals surface area contributed by atoms with Gasteiger partial charge < -0.3 is 10.2 Å². The minimum absolute atomic E-state index is 0.0401. The molecule has 1 aliphatic carbocycles. The van der Waals surface area contributed by atoms with Gasteiger partial charge in [-0.3, -0.25) is 25.2 Å². The maximum absolute atomic E-state index is 12.4. The summed E-state index contributed by atoms with van der Waals surface area (Å²) in [6.07, 6.45) is 13.5. The number of carbonyl (C=O) groups excluding carboxylic acids is 3. The molecule has 7 heteroatoms. The number of nitrogens with one attached hydrogen (secondary N) is 3. The number of nitrogens with zero attached hydrogens (tertiary/aromatic N) is 1. The van der Waals surface area contributed by atoms with Crippen LogP contribution in [0.5, 0.6) is 0 Å². The zero-order chi connectivity index (χ0) is 23.2. The maximum atomic E-state index is 12.4. The highest BCUT2D eigenvalue weighted by Crippen LogP contribution is 2.17. The molecule has 1 aromatic carbocycles. The van der Waals surface area contributed by atoms with Gasteiger partial charge in [-0.05, 0) is 37.1 Å². The van der Waals surface area contributed by atoms with Gasteiger partial charge in [0, 0.05) is 44.2 Å². The van der Waals surface area contributed by atoms with E-state index in [1.54, 1.807) is 12.1 Å². The molecule has 2 rings (SSSR count). The number of anilines is 1. The van der Waals surface area contributed by atoms with Crippen LogP contribution in [0.4, 0.5) is 5.69 Å². The van der Waals surface area contributed by atoms with E-state index in [0.29, 0.717) is 5.56 Å². The van der Waals surface area contributed by atoms with E-state index < -0.39 is 0 Å². The van der Waals surface area contributed by atoms with Gasteiger partial charge in [-0.2, -0.15) is 0 Å². The normalized spacial score (nSPS) is 16.2. The molecule has 1 saturated carbocycles. The highest BCUT2D eigenvalue weighted by Gasteiger charge is 2.14. The lowest BCUT2D eigenvalue weighted by Gasteiger charge is -2.19. The number of hydrogen-bond acceptors (Lipinski definition) is 4. The Morgan fingerprint density at radius 2 is 1.25 bits per heavy atom. The molecule has 0 radical (unpaired) electrons.